The zero-order valence-electron chi connectivity index (χ0n) is 18.7. The van der Waals surface area contributed by atoms with Gasteiger partial charge in [0.15, 0.2) is 0 Å². The lowest BCUT2D eigenvalue weighted by Crippen LogP contribution is -2.33. The lowest BCUT2D eigenvalue weighted by atomic mass is 10.1. The number of H-pyrrole nitrogens is 1. The van der Waals surface area contributed by atoms with Gasteiger partial charge in [-0.05, 0) is 67.1 Å². The molecule has 0 saturated carbocycles. The number of carbonyl (C=O) groups is 1. The van der Waals surface area contributed by atoms with E-state index in [-0.39, 0.29) is 18.0 Å². The fourth-order valence-corrected chi connectivity index (χ4v) is 3.96. The van der Waals surface area contributed by atoms with Crippen molar-refractivity contribution in [2.75, 3.05) is 12.0 Å². The Balaban J connectivity index is 1.86. The number of aromatic nitrogens is 1. The summed E-state index contributed by atoms with van der Waals surface area (Å²) in [5, 5.41) is 0.935. The molecule has 1 aromatic heterocycles. The summed E-state index contributed by atoms with van der Waals surface area (Å²) in [5.41, 5.74) is 5.34. The van der Waals surface area contributed by atoms with Crippen molar-refractivity contribution < 1.29 is 9.53 Å². The van der Waals surface area contributed by atoms with E-state index in [4.69, 9.17) is 4.74 Å². The molecule has 0 radical (unpaired) electrons. The van der Waals surface area contributed by atoms with Gasteiger partial charge in [-0.25, -0.2) is 0 Å². The van der Waals surface area contributed by atoms with Crippen molar-refractivity contribution in [2.24, 2.45) is 0 Å². The number of para-hydroxylation sites is 2. The minimum Gasteiger partial charge on any atom is -0.496 e. The molecule has 4 rings (SSSR count). The Morgan fingerprint density at radius 2 is 1.72 bits per heavy atom. The van der Waals surface area contributed by atoms with Gasteiger partial charge in [-0.2, -0.15) is 0 Å². The number of carbonyl (C=O) groups excluding carboxylic acids is 1. The maximum atomic E-state index is 13.8. The van der Waals surface area contributed by atoms with Gasteiger partial charge in [0.25, 0.3) is 11.5 Å². The molecule has 0 aliphatic rings. The second kappa shape index (κ2) is 8.71. The van der Waals surface area contributed by atoms with E-state index >= 15 is 0 Å². The highest BCUT2D eigenvalue weighted by Gasteiger charge is 2.24. The molecule has 4 aromatic rings. The first kappa shape index (κ1) is 21.4. The third kappa shape index (κ3) is 4.02. The summed E-state index contributed by atoms with van der Waals surface area (Å²) in [6.45, 7) is 6.05. The number of pyridine rings is 1. The molecular weight excluding hydrogens is 400 g/mol. The van der Waals surface area contributed by atoms with Gasteiger partial charge in [0, 0.05) is 11.3 Å². The van der Waals surface area contributed by atoms with Crippen LogP contribution in [0.4, 0.5) is 5.69 Å². The van der Waals surface area contributed by atoms with Crippen LogP contribution in [0.1, 0.15) is 32.6 Å². The van der Waals surface area contributed by atoms with Crippen LogP contribution < -0.4 is 15.2 Å². The first-order chi connectivity index (χ1) is 15.4. The summed E-state index contributed by atoms with van der Waals surface area (Å²) in [5.74, 6) is 0.274. The quantitative estimate of drug-likeness (QED) is 0.470. The number of rotatable bonds is 5. The molecule has 0 fully saturated rings. The van der Waals surface area contributed by atoms with Crippen molar-refractivity contribution in [3.63, 3.8) is 0 Å². The van der Waals surface area contributed by atoms with Crippen LogP contribution in [-0.4, -0.2) is 18.0 Å². The zero-order valence-corrected chi connectivity index (χ0v) is 18.7. The highest BCUT2D eigenvalue weighted by atomic mass is 16.5. The van der Waals surface area contributed by atoms with Crippen LogP contribution in [-0.2, 0) is 6.54 Å². The molecule has 1 heterocycles. The molecular formula is C27H26N2O3. The SMILES string of the molecule is COc1ccccc1C(=O)N(Cc1cc2cccc(C)c2[nH]c1=O)c1cc(C)ccc1C. The molecule has 0 spiro atoms. The molecule has 32 heavy (non-hydrogen) atoms. The number of ether oxygens (including phenoxy) is 1. The van der Waals surface area contributed by atoms with Gasteiger partial charge >= 0.3 is 0 Å². The summed E-state index contributed by atoms with van der Waals surface area (Å²) in [7, 11) is 1.55. The number of benzene rings is 3. The summed E-state index contributed by atoms with van der Waals surface area (Å²) < 4.78 is 5.44. The molecule has 5 nitrogen and oxygen atoms in total. The number of anilines is 1. The van der Waals surface area contributed by atoms with Crippen molar-refractivity contribution in [1.29, 1.82) is 0 Å². The van der Waals surface area contributed by atoms with Crippen LogP contribution in [0.2, 0.25) is 0 Å². The Hall–Kier alpha value is -3.86. The predicted molar refractivity (Wildman–Crippen MR) is 129 cm³/mol. The average molecular weight is 427 g/mol. The smallest absolute Gasteiger partial charge is 0.262 e. The average Bonchev–Trinajstić information content (AvgIpc) is 2.79. The Bertz CT molecular complexity index is 1370. The van der Waals surface area contributed by atoms with Gasteiger partial charge in [-0.3, -0.25) is 9.59 Å². The van der Waals surface area contributed by atoms with Crippen LogP contribution in [0, 0.1) is 20.8 Å². The number of methoxy groups -OCH3 is 1. The summed E-state index contributed by atoms with van der Waals surface area (Å²) in [6, 6.07) is 20.9. The maximum Gasteiger partial charge on any atom is 0.262 e. The fourth-order valence-electron chi connectivity index (χ4n) is 3.96. The highest BCUT2D eigenvalue weighted by Crippen LogP contribution is 2.28. The molecule has 0 atom stereocenters. The number of amides is 1. The van der Waals surface area contributed by atoms with Gasteiger partial charge in [0.2, 0.25) is 0 Å². The minimum absolute atomic E-state index is 0.139. The first-order valence-corrected chi connectivity index (χ1v) is 10.5. The Morgan fingerprint density at radius 1 is 0.938 bits per heavy atom. The molecule has 0 bridgehead atoms. The van der Waals surface area contributed by atoms with Crippen LogP contribution in [0.25, 0.3) is 10.9 Å². The van der Waals surface area contributed by atoms with Gasteiger partial charge in [-0.1, -0.05) is 42.5 Å². The number of hydrogen-bond acceptors (Lipinski definition) is 3. The van der Waals surface area contributed by atoms with E-state index in [9.17, 15) is 9.59 Å². The van der Waals surface area contributed by atoms with Crippen molar-refractivity contribution in [3.8, 4) is 5.75 Å². The van der Waals surface area contributed by atoms with Gasteiger partial charge in [0.05, 0.1) is 24.7 Å². The highest BCUT2D eigenvalue weighted by molar-refractivity contribution is 6.08. The monoisotopic (exact) mass is 426 g/mol. The maximum absolute atomic E-state index is 13.8. The largest absolute Gasteiger partial charge is 0.496 e. The molecule has 1 amide bonds. The second-order valence-electron chi connectivity index (χ2n) is 8.04. The molecule has 1 N–H and O–H groups in total. The number of aromatic amines is 1. The summed E-state index contributed by atoms with van der Waals surface area (Å²) in [4.78, 5) is 31.4. The zero-order chi connectivity index (χ0) is 22.8. The summed E-state index contributed by atoms with van der Waals surface area (Å²) >= 11 is 0. The van der Waals surface area contributed by atoms with E-state index in [1.54, 1.807) is 24.1 Å². The van der Waals surface area contributed by atoms with Crippen molar-refractivity contribution in [3.05, 3.63) is 105 Å². The molecule has 0 unspecified atom stereocenters. The Kier molecular flexibility index (Phi) is 5.82. The fraction of sp³-hybridized carbons (Fsp3) is 0.185. The molecule has 0 aliphatic heterocycles. The van der Waals surface area contributed by atoms with E-state index in [1.807, 2.05) is 75.4 Å². The van der Waals surface area contributed by atoms with Crippen LogP contribution in [0.5, 0.6) is 5.75 Å². The Labute approximate surface area is 187 Å². The molecule has 162 valence electrons. The normalized spacial score (nSPS) is 10.9. The Morgan fingerprint density at radius 3 is 2.50 bits per heavy atom. The lowest BCUT2D eigenvalue weighted by molar-refractivity contribution is 0.0982. The van der Waals surface area contributed by atoms with Gasteiger partial charge in [0.1, 0.15) is 5.75 Å². The number of aryl methyl sites for hydroxylation is 3. The lowest BCUT2D eigenvalue weighted by Gasteiger charge is -2.26. The topological polar surface area (TPSA) is 62.4 Å². The van der Waals surface area contributed by atoms with E-state index in [0.717, 1.165) is 33.3 Å². The number of nitrogens with one attached hydrogen (secondary N) is 1. The van der Waals surface area contributed by atoms with Gasteiger partial charge in [-0.15, -0.1) is 0 Å². The van der Waals surface area contributed by atoms with Gasteiger partial charge < -0.3 is 14.6 Å². The first-order valence-electron chi connectivity index (χ1n) is 10.5. The standard InChI is InChI=1S/C27H26N2O3/c1-17-12-13-18(2)23(14-17)29(27(31)22-10-5-6-11-24(22)32-4)16-21-15-20-9-7-8-19(3)25(20)28-26(21)30/h5-15H,16H2,1-4H3,(H,28,30). The number of fused-ring (bicyclic) bond motifs is 1. The van der Waals surface area contributed by atoms with Crippen molar-refractivity contribution >= 4 is 22.5 Å². The summed E-state index contributed by atoms with van der Waals surface area (Å²) in [6.07, 6.45) is 0. The van der Waals surface area contributed by atoms with Crippen molar-refractivity contribution in [2.45, 2.75) is 27.3 Å². The van der Waals surface area contributed by atoms with E-state index < -0.39 is 0 Å². The minimum atomic E-state index is -0.222. The van der Waals surface area contributed by atoms with E-state index in [1.165, 1.54) is 0 Å². The second-order valence-corrected chi connectivity index (χ2v) is 8.04. The third-order valence-electron chi connectivity index (χ3n) is 5.73. The van der Waals surface area contributed by atoms with Crippen molar-refractivity contribution in [1.82, 2.24) is 4.98 Å². The molecule has 3 aromatic carbocycles. The number of nitrogens with zero attached hydrogens (tertiary/aromatic N) is 1. The predicted octanol–water partition coefficient (Wildman–Crippen LogP) is 5.31. The van der Waals surface area contributed by atoms with E-state index in [0.29, 0.717) is 16.9 Å². The molecule has 0 aliphatic carbocycles. The molecule has 5 heteroatoms. The number of hydrogen-bond donors (Lipinski definition) is 1. The molecule has 0 saturated heterocycles. The van der Waals surface area contributed by atoms with Crippen LogP contribution in [0.3, 0.4) is 0 Å². The van der Waals surface area contributed by atoms with Crippen LogP contribution in [0.15, 0.2) is 71.5 Å². The third-order valence-corrected chi connectivity index (χ3v) is 5.73. The van der Waals surface area contributed by atoms with Crippen LogP contribution >= 0.6 is 0 Å². The van der Waals surface area contributed by atoms with E-state index in [2.05, 4.69) is 4.98 Å².